The molecular formula is C11H9NO3. The molecule has 0 saturated carbocycles. The minimum absolute atomic E-state index is 0.0587. The zero-order valence-corrected chi connectivity index (χ0v) is 8.10. The van der Waals surface area contributed by atoms with Crippen molar-refractivity contribution in [3.8, 4) is 17.1 Å². The van der Waals surface area contributed by atoms with Crippen molar-refractivity contribution in [1.29, 1.82) is 0 Å². The molecule has 0 fully saturated rings. The average molecular weight is 203 g/mol. The first-order valence-corrected chi connectivity index (χ1v) is 4.42. The minimum atomic E-state index is -0.0587. The Labute approximate surface area is 86.1 Å². The Morgan fingerprint density at radius 3 is 2.73 bits per heavy atom. The number of aryl methyl sites for hydroxylation is 1. The number of nitrogens with zero attached hydrogens (tertiary/aromatic N) is 1. The molecule has 0 aliphatic rings. The van der Waals surface area contributed by atoms with Gasteiger partial charge in [0.2, 0.25) is 0 Å². The second-order valence-corrected chi connectivity index (χ2v) is 3.22. The van der Waals surface area contributed by atoms with Crippen molar-refractivity contribution in [1.82, 2.24) is 5.16 Å². The van der Waals surface area contributed by atoms with Gasteiger partial charge in [0.05, 0.1) is 11.3 Å². The van der Waals surface area contributed by atoms with Gasteiger partial charge in [0, 0.05) is 11.6 Å². The summed E-state index contributed by atoms with van der Waals surface area (Å²) in [5, 5.41) is 13.2. The Morgan fingerprint density at radius 1 is 1.40 bits per heavy atom. The topological polar surface area (TPSA) is 63.3 Å². The van der Waals surface area contributed by atoms with Crippen LogP contribution in [-0.2, 0) is 0 Å². The van der Waals surface area contributed by atoms with Crippen LogP contribution in [0.4, 0.5) is 0 Å². The molecule has 0 aliphatic carbocycles. The van der Waals surface area contributed by atoms with Gasteiger partial charge < -0.3 is 9.63 Å². The number of aromatic nitrogens is 1. The average Bonchev–Trinajstić information content (AvgIpc) is 2.65. The third kappa shape index (κ3) is 1.74. The third-order valence-electron chi connectivity index (χ3n) is 2.07. The Morgan fingerprint density at radius 2 is 2.20 bits per heavy atom. The van der Waals surface area contributed by atoms with Crippen molar-refractivity contribution in [2.45, 2.75) is 6.92 Å². The minimum Gasteiger partial charge on any atom is -0.507 e. The van der Waals surface area contributed by atoms with Crippen molar-refractivity contribution in [3.05, 3.63) is 35.5 Å². The number of hydrogen-bond acceptors (Lipinski definition) is 4. The molecule has 4 nitrogen and oxygen atoms in total. The second kappa shape index (κ2) is 3.57. The number of carbonyl (C=O) groups excluding carboxylic acids is 1. The van der Waals surface area contributed by atoms with Crippen LogP contribution in [0.25, 0.3) is 11.3 Å². The van der Waals surface area contributed by atoms with Gasteiger partial charge in [-0.05, 0) is 19.1 Å². The van der Waals surface area contributed by atoms with Crippen molar-refractivity contribution in [2.75, 3.05) is 0 Å². The first-order chi connectivity index (χ1) is 7.20. The molecule has 4 heteroatoms. The molecular weight excluding hydrogens is 194 g/mol. The molecule has 0 saturated heterocycles. The van der Waals surface area contributed by atoms with Crippen LogP contribution in [0.3, 0.4) is 0 Å². The highest BCUT2D eigenvalue weighted by molar-refractivity contribution is 5.81. The molecule has 76 valence electrons. The predicted octanol–water partition coefficient (Wildman–Crippen LogP) is 2.17. The molecule has 2 aromatic rings. The maximum Gasteiger partial charge on any atom is 0.167 e. The standard InChI is InChI=1S/C11H9NO3/c1-7-4-11(15-12-7)8-2-3-9(6-13)10(14)5-8/h2-6,14H,1H3. The summed E-state index contributed by atoms with van der Waals surface area (Å²) in [7, 11) is 0. The Hall–Kier alpha value is -2.10. The smallest absolute Gasteiger partial charge is 0.167 e. The van der Waals surface area contributed by atoms with E-state index >= 15 is 0 Å². The zero-order valence-electron chi connectivity index (χ0n) is 8.10. The summed E-state index contributed by atoms with van der Waals surface area (Å²) < 4.78 is 5.03. The summed E-state index contributed by atoms with van der Waals surface area (Å²) in [6.07, 6.45) is 0.602. The fourth-order valence-electron chi connectivity index (χ4n) is 1.30. The second-order valence-electron chi connectivity index (χ2n) is 3.22. The fourth-order valence-corrected chi connectivity index (χ4v) is 1.30. The monoisotopic (exact) mass is 203 g/mol. The highest BCUT2D eigenvalue weighted by atomic mass is 16.5. The van der Waals surface area contributed by atoms with Gasteiger partial charge >= 0.3 is 0 Å². The van der Waals surface area contributed by atoms with Gasteiger partial charge in [-0.3, -0.25) is 4.79 Å². The zero-order chi connectivity index (χ0) is 10.8. The molecule has 0 spiro atoms. The summed E-state index contributed by atoms with van der Waals surface area (Å²) in [5.74, 6) is 0.511. The molecule has 2 rings (SSSR count). The molecule has 0 atom stereocenters. The van der Waals surface area contributed by atoms with Gasteiger partial charge in [-0.1, -0.05) is 11.2 Å². The largest absolute Gasteiger partial charge is 0.507 e. The number of carbonyl (C=O) groups is 1. The molecule has 0 amide bonds. The molecule has 0 bridgehead atoms. The van der Waals surface area contributed by atoms with Gasteiger partial charge in [0.25, 0.3) is 0 Å². The van der Waals surface area contributed by atoms with Crippen LogP contribution in [0.2, 0.25) is 0 Å². The van der Waals surface area contributed by atoms with E-state index in [0.717, 1.165) is 5.69 Å². The maximum atomic E-state index is 10.5. The molecule has 1 aromatic heterocycles. The molecule has 1 aromatic carbocycles. The van der Waals surface area contributed by atoms with Gasteiger partial charge in [-0.25, -0.2) is 0 Å². The summed E-state index contributed by atoms with van der Waals surface area (Å²) in [6.45, 7) is 1.81. The van der Waals surface area contributed by atoms with Crippen LogP contribution in [0.15, 0.2) is 28.8 Å². The van der Waals surface area contributed by atoms with Gasteiger partial charge in [0.1, 0.15) is 5.75 Å². The normalized spacial score (nSPS) is 10.2. The van der Waals surface area contributed by atoms with Crippen LogP contribution in [-0.4, -0.2) is 16.5 Å². The highest BCUT2D eigenvalue weighted by Gasteiger charge is 2.07. The molecule has 15 heavy (non-hydrogen) atoms. The number of aromatic hydroxyl groups is 1. The van der Waals surface area contributed by atoms with E-state index in [4.69, 9.17) is 4.52 Å². The number of phenols is 1. The summed E-state index contributed by atoms with van der Waals surface area (Å²) in [5.41, 5.74) is 1.72. The van der Waals surface area contributed by atoms with Crippen LogP contribution in [0.1, 0.15) is 16.1 Å². The predicted molar refractivity (Wildman–Crippen MR) is 53.7 cm³/mol. The summed E-state index contributed by atoms with van der Waals surface area (Å²) in [4.78, 5) is 10.5. The first-order valence-electron chi connectivity index (χ1n) is 4.42. The van der Waals surface area contributed by atoms with E-state index in [1.165, 1.54) is 12.1 Å². The quantitative estimate of drug-likeness (QED) is 0.759. The number of hydrogen-bond donors (Lipinski definition) is 1. The molecule has 1 N–H and O–H groups in total. The van der Waals surface area contributed by atoms with Crippen molar-refractivity contribution < 1.29 is 14.4 Å². The summed E-state index contributed by atoms with van der Waals surface area (Å²) >= 11 is 0. The van der Waals surface area contributed by atoms with Crippen molar-refractivity contribution in [2.24, 2.45) is 0 Å². The number of aldehydes is 1. The maximum absolute atomic E-state index is 10.5. The van der Waals surface area contributed by atoms with Crippen molar-refractivity contribution in [3.63, 3.8) is 0 Å². The lowest BCUT2D eigenvalue weighted by molar-refractivity contribution is 0.112. The fraction of sp³-hybridized carbons (Fsp3) is 0.0909. The SMILES string of the molecule is Cc1cc(-c2ccc(C=O)c(O)c2)on1. The molecule has 0 unspecified atom stereocenters. The van der Waals surface area contributed by atoms with Crippen LogP contribution < -0.4 is 0 Å². The Kier molecular flexibility index (Phi) is 2.25. The number of phenolic OH excluding ortho intramolecular Hbond substituents is 1. The van der Waals surface area contributed by atoms with E-state index in [-0.39, 0.29) is 11.3 Å². The number of rotatable bonds is 2. The van der Waals surface area contributed by atoms with E-state index in [2.05, 4.69) is 5.16 Å². The van der Waals surface area contributed by atoms with Gasteiger partial charge in [-0.2, -0.15) is 0 Å². The van der Waals surface area contributed by atoms with Gasteiger partial charge in [0.15, 0.2) is 12.0 Å². The molecule has 1 heterocycles. The Bertz CT molecular complexity index is 502. The van der Waals surface area contributed by atoms with Crippen LogP contribution >= 0.6 is 0 Å². The van der Waals surface area contributed by atoms with Crippen molar-refractivity contribution >= 4 is 6.29 Å². The lowest BCUT2D eigenvalue weighted by Crippen LogP contribution is -1.82. The van der Waals surface area contributed by atoms with E-state index < -0.39 is 0 Å². The van der Waals surface area contributed by atoms with Crippen LogP contribution in [0.5, 0.6) is 5.75 Å². The van der Waals surface area contributed by atoms with Gasteiger partial charge in [-0.15, -0.1) is 0 Å². The third-order valence-corrected chi connectivity index (χ3v) is 2.07. The van der Waals surface area contributed by atoms with E-state index in [9.17, 15) is 9.90 Å². The lowest BCUT2D eigenvalue weighted by Gasteiger charge is -1.99. The first kappa shape index (κ1) is 9.45. The van der Waals surface area contributed by atoms with Crippen LogP contribution in [0, 0.1) is 6.92 Å². The lowest BCUT2D eigenvalue weighted by atomic mass is 10.1. The highest BCUT2D eigenvalue weighted by Crippen LogP contribution is 2.25. The Balaban J connectivity index is 2.46. The van der Waals surface area contributed by atoms with E-state index in [1.807, 2.05) is 6.92 Å². The van der Waals surface area contributed by atoms with E-state index in [1.54, 1.807) is 12.1 Å². The van der Waals surface area contributed by atoms with E-state index in [0.29, 0.717) is 17.6 Å². The summed E-state index contributed by atoms with van der Waals surface area (Å²) in [6, 6.07) is 6.47. The molecule has 0 radical (unpaired) electrons. The number of benzene rings is 1. The molecule has 0 aliphatic heterocycles.